The van der Waals surface area contributed by atoms with Crippen LogP contribution in [-0.2, 0) is 5.41 Å². The molecule has 1 rings (SSSR count). The Morgan fingerprint density at radius 3 is 2.00 bits per heavy atom. The normalized spacial score (nSPS) is 11.4. The Morgan fingerprint density at radius 1 is 0.900 bits per heavy atom. The molecule has 0 aromatic carbocycles. The third-order valence-corrected chi connectivity index (χ3v) is 3.04. The second kappa shape index (κ2) is 8.08. The first-order chi connectivity index (χ1) is 9.47. The maximum atomic E-state index is 4.65. The van der Waals surface area contributed by atoms with Gasteiger partial charge in [-0.05, 0) is 12.8 Å². The first kappa shape index (κ1) is 16.7. The SMILES string of the molecule is CCCCCNc1cc(NCCC)nc(C(C)(C)C)n1. The summed E-state index contributed by atoms with van der Waals surface area (Å²) in [5, 5.41) is 6.78. The molecule has 0 aliphatic rings. The molecule has 0 spiro atoms. The van der Waals surface area contributed by atoms with E-state index in [1.807, 2.05) is 6.07 Å². The van der Waals surface area contributed by atoms with Crippen LogP contribution in [0.3, 0.4) is 0 Å². The van der Waals surface area contributed by atoms with E-state index in [1.54, 1.807) is 0 Å². The number of nitrogens with zero attached hydrogens (tertiary/aromatic N) is 2. The van der Waals surface area contributed by atoms with E-state index in [2.05, 4.69) is 55.2 Å². The van der Waals surface area contributed by atoms with E-state index in [0.717, 1.165) is 37.0 Å². The van der Waals surface area contributed by atoms with Gasteiger partial charge in [-0.2, -0.15) is 0 Å². The van der Waals surface area contributed by atoms with Crippen LogP contribution >= 0.6 is 0 Å². The van der Waals surface area contributed by atoms with E-state index in [0.29, 0.717) is 0 Å². The number of hydrogen-bond donors (Lipinski definition) is 2. The molecule has 0 unspecified atom stereocenters. The lowest BCUT2D eigenvalue weighted by atomic mass is 9.96. The summed E-state index contributed by atoms with van der Waals surface area (Å²) in [6.07, 6.45) is 4.77. The van der Waals surface area contributed by atoms with E-state index in [9.17, 15) is 0 Å². The van der Waals surface area contributed by atoms with E-state index in [-0.39, 0.29) is 5.41 Å². The molecule has 1 aromatic heterocycles. The first-order valence-electron chi connectivity index (χ1n) is 7.84. The third-order valence-electron chi connectivity index (χ3n) is 3.04. The van der Waals surface area contributed by atoms with E-state index in [4.69, 9.17) is 0 Å². The van der Waals surface area contributed by atoms with Crippen LogP contribution in [0.5, 0.6) is 0 Å². The fourth-order valence-electron chi connectivity index (χ4n) is 1.81. The Hall–Kier alpha value is -1.32. The van der Waals surface area contributed by atoms with Gasteiger partial charge in [0.15, 0.2) is 0 Å². The topological polar surface area (TPSA) is 49.8 Å². The molecule has 20 heavy (non-hydrogen) atoms. The standard InChI is InChI=1S/C16H30N4/c1-6-8-9-11-18-14-12-13(17-10-7-2)19-15(20-14)16(3,4)5/h12H,6-11H2,1-5H3,(H2,17,18,19,20). The lowest BCUT2D eigenvalue weighted by molar-refractivity contribution is 0.546. The predicted molar refractivity (Wildman–Crippen MR) is 87.5 cm³/mol. The van der Waals surface area contributed by atoms with Crippen LogP contribution in [0.4, 0.5) is 11.6 Å². The smallest absolute Gasteiger partial charge is 0.138 e. The second-order valence-corrected chi connectivity index (χ2v) is 6.27. The molecule has 2 N–H and O–H groups in total. The first-order valence-corrected chi connectivity index (χ1v) is 7.84. The Balaban J connectivity index is 2.80. The molecule has 4 nitrogen and oxygen atoms in total. The van der Waals surface area contributed by atoms with Crippen molar-refractivity contribution in [3.8, 4) is 0 Å². The average Bonchev–Trinajstić information content (AvgIpc) is 2.40. The zero-order valence-corrected chi connectivity index (χ0v) is 13.7. The summed E-state index contributed by atoms with van der Waals surface area (Å²) >= 11 is 0. The molecular weight excluding hydrogens is 248 g/mol. The van der Waals surface area contributed by atoms with Crippen molar-refractivity contribution in [1.82, 2.24) is 9.97 Å². The molecule has 1 heterocycles. The van der Waals surface area contributed by atoms with Gasteiger partial charge >= 0.3 is 0 Å². The molecular formula is C16H30N4. The minimum Gasteiger partial charge on any atom is -0.370 e. The minimum absolute atomic E-state index is 0.0379. The molecule has 0 aliphatic carbocycles. The predicted octanol–water partition coefficient (Wildman–Crippen LogP) is 4.20. The van der Waals surface area contributed by atoms with Crippen molar-refractivity contribution >= 4 is 11.6 Å². The largest absolute Gasteiger partial charge is 0.370 e. The van der Waals surface area contributed by atoms with Crippen LogP contribution < -0.4 is 10.6 Å². The fraction of sp³-hybridized carbons (Fsp3) is 0.750. The lowest BCUT2D eigenvalue weighted by Gasteiger charge is -2.19. The van der Waals surface area contributed by atoms with E-state index in [1.165, 1.54) is 19.3 Å². The highest BCUT2D eigenvalue weighted by Crippen LogP contribution is 2.22. The minimum atomic E-state index is -0.0379. The van der Waals surface area contributed by atoms with Gasteiger partial charge < -0.3 is 10.6 Å². The zero-order chi connectivity index (χ0) is 15.0. The zero-order valence-electron chi connectivity index (χ0n) is 13.7. The monoisotopic (exact) mass is 278 g/mol. The highest BCUT2D eigenvalue weighted by molar-refractivity contribution is 5.48. The quantitative estimate of drug-likeness (QED) is 0.700. The maximum absolute atomic E-state index is 4.65. The number of rotatable bonds is 8. The van der Waals surface area contributed by atoms with Crippen LogP contribution in [0.15, 0.2) is 6.07 Å². The van der Waals surface area contributed by atoms with Gasteiger partial charge in [0.2, 0.25) is 0 Å². The van der Waals surface area contributed by atoms with Gasteiger partial charge in [0, 0.05) is 24.6 Å². The maximum Gasteiger partial charge on any atom is 0.138 e. The summed E-state index contributed by atoms with van der Waals surface area (Å²) in [7, 11) is 0. The van der Waals surface area contributed by atoms with Crippen molar-refractivity contribution in [1.29, 1.82) is 0 Å². The number of aromatic nitrogens is 2. The molecule has 0 saturated carbocycles. The van der Waals surface area contributed by atoms with Gasteiger partial charge in [0.05, 0.1) is 0 Å². The van der Waals surface area contributed by atoms with Crippen molar-refractivity contribution in [2.45, 2.75) is 65.7 Å². The van der Waals surface area contributed by atoms with Gasteiger partial charge in [0.25, 0.3) is 0 Å². The second-order valence-electron chi connectivity index (χ2n) is 6.27. The molecule has 0 saturated heterocycles. The van der Waals surface area contributed by atoms with E-state index >= 15 is 0 Å². The highest BCUT2D eigenvalue weighted by Gasteiger charge is 2.19. The van der Waals surface area contributed by atoms with Crippen molar-refractivity contribution in [3.05, 3.63) is 11.9 Å². The highest BCUT2D eigenvalue weighted by atomic mass is 15.1. The van der Waals surface area contributed by atoms with Gasteiger partial charge in [0.1, 0.15) is 17.5 Å². The summed E-state index contributed by atoms with van der Waals surface area (Å²) in [6.45, 7) is 12.7. The summed E-state index contributed by atoms with van der Waals surface area (Å²) in [6, 6.07) is 2.01. The van der Waals surface area contributed by atoms with Gasteiger partial charge in [-0.25, -0.2) is 9.97 Å². The summed E-state index contributed by atoms with van der Waals surface area (Å²) in [5.41, 5.74) is -0.0379. The van der Waals surface area contributed by atoms with Crippen molar-refractivity contribution < 1.29 is 0 Å². The molecule has 0 fully saturated rings. The van der Waals surface area contributed by atoms with Crippen molar-refractivity contribution in [3.63, 3.8) is 0 Å². The molecule has 0 amide bonds. The molecule has 1 aromatic rings. The van der Waals surface area contributed by atoms with Crippen molar-refractivity contribution in [2.75, 3.05) is 23.7 Å². The third kappa shape index (κ3) is 5.76. The Morgan fingerprint density at radius 2 is 1.50 bits per heavy atom. The fourth-order valence-corrected chi connectivity index (χ4v) is 1.81. The number of nitrogens with one attached hydrogen (secondary N) is 2. The average molecular weight is 278 g/mol. The van der Waals surface area contributed by atoms with Gasteiger partial charge in [-0.1, -0.05) is 47.5 Å². The Kier molecular flexibility index (Phi) is 6.76. The van der Waals surface area contributed by atoms with Gasteiger partial charge in [-0.15, -0.1) is 0 Å². The molecule has 0 bridgehead atoms. The lowest BCUT2D eigenvalue weighted by Crippen LogP contribution is -2.19. The molecule has 0 atom stereocenters. The molecule has 4 heteroatoms. The number of anilines is 2. The summed E-state index contributed by atoms with van der Waals surface area (Å²) in [5.74, 6) is 2.74. The van der Waals surface area contributed by atoms with Crippen LogP contribution in [0.25, 0.3) is 0 Å². The van der Waals surface area contributed by atoms with E-state index < -0.39 is 0 Å². The molecule has 0 radical (unpaired) electrons. The van der Waals surface area contributed by atoms with Crippen LogP contribution in [0.1, 0.15) is 66.1 Å². The van der Waals surface area contributed by atoms with Crippen LogP contribution in [-0.4, -0.2) is 23.1 Å². The summed E-state index contributed by atoms with van der Waals surface area (Å²) in [4.78, 5) is 9.27. The van der Waals surface area contributed by atoms with Crippen LogP contribution in [0.2, 0.25) is 0 Å². The van der Waals surface area contributed by atoms with Gasteiger partial charge in [-0.3, -0.25) is 0 Å². The Labute approximate surface area is 123 Å². The van der Waals surface area contributed by atoms with Crippen LogP contribution in [0, 0.1) is 0 Å². The van der Waals surface area contributed by atoms with Crippen molar-refractivity contribution in [2.24, 2.45) is 0 Å². The summed E-state index contributed by atoms with van der Waals surface area (Å²) < 4.78 is 0. The number of unbranched alkanes of at least 4 members (excludes halogenated alkanes) is 2. The molecule has 114 valence electrons. The molecule has 0 aliphatic heterocycles. The Bertz CT molecular complexity index is 396. The number of hydrogen-bond acceptors (Lipinski definition) is 4.